The predicted molar refractivity (Wildman–Crippen MR) is 22.0 cm³/mol. The molecular weight excluding hydrogens is 142 g/mol. The maximum atomic E-state index is 5.33. The molecule has 0 N–H and O–H groups in total. The summed E-state index contributed by atoms with van der Waals surface area (Å²) >= 11 is 5.33. The molecule has 0 amide bonds. The smallest absolute Gasteiger partial charge is 0.195 e. The Morgan fingerprint density at radius 1 is 1.43 bits per heavy atom. The fraction of sp³-hybridized carbons (Fsp3) is 1.00. The fourth-order valence-electron chi connectivity index (χ4n) is 0.150. The van der Waals surface area contributed by atoms with Gasteiger partial charge < -0.3 is 0 Å². The van der Waals surface area contributed by atoms with E-state index in [4.69, 9.17) is 11.2 Å². The lowest BCUT2D eigenvalue weighted by Crippen LogP contribution is -2.02. The van der Waals surface area contributed by atoms with Gasteiger partial charge in [0.2, 0.25) is 0 Å². The molecule has 1 fully saturated rings. The van der Waals surface area contributed by atoms with E-state index in [2.05, 4.69) is 19.6 Å². The van der Waals surface area contributed by atoms with Crippen molar-refractivity contribution < 1.29 is 19.6 Å². The molecule has 0 bridgehead atoms. The van der Waals surface area contributed by atoms with Crippen LogP contribution in [0.1, 0.15) is 0 Å². The van der Waals surface area contributed by atoms with E-state index in [0.29, 0.717) is 0 Å². The lowest BCUT2D eigenvalue weighted by molar-refractivity contribution is -0.615. The second-order valence-electron chi connectivity index (χ2n) is 0.775. The van der Waals surface area contributed by atoms with Crippen LogP contribution in [-0.2, 0) is 19.6 Å². The third-order valence-electron chi connectivity index (χ3n) is 0.341. The lowest BCUT2D eigenvalue weighted by atomic mass is 11.7. The summed E-state index contributed by atoms with van der Waals surface area (Å²) in [6.07, 6.45) is 0.247. The molecule has 1 aliphatic heterocycles. The van der Waals surface area contributed by atoms with Gasteiger partial charge >= 0.3 is 0 Å². The van der Waals surface area contributed by atoms with E-state index in [-0.39, 0.29) is 6.35 Å². The summed E-state index contributed by atoms with van der Waals surface area (Å²) in [6, 6.07) is 0. The molecule has 0 aromatic rings. The van der Waals surface area contributed by atoms with Crippen LogP contribution in [0.4, 0.5) is 0 Å². The predicted octanol–water partition coefficient (Wildman–Crippen LogP) is 1.32. The molecule has 0 aromatic heterocycles. The summed E-state index contributed by atoms with van der Waals surface area (Å²) in [5, 5.41) is 7.71. The first-order chi connectivity index (χ1) is 3.39. The Labute approximate surface area is 45.7 Å². The van der Waals surface area contributed by atoms with E-state index in [9.17, 15) is 0 Å². The topological polar surface area (TPSA) is 36.9 Å². The first kappa shape index (κ1) is 5.69. The molecule has 4 nitrogen and oxygen atoms in total. The van der Waals surface area contributed by atoms with Gasteiger partial charge in [0.05, 0.1) is 0 Å². The van der Waals surface area contributed by atoms with Gasteiger partial charge in [-0.2, -0.15) is 9.56 Å². The molecule has 1 heterocycles. The third-order valence-corrected chi connectivity index (χ3v) is 1.33. The Morgan fingerprint density at radius 2 is 2.29 bits per heavy atom. The highest BCUT2D eigenvalue weighted by Crippen LogP contribution is 2.44. The minimum atomic E-state index is -1.09. The Morgan fingerprint density at radius 3 is 2.57 bits per heavy atom. The van der Waals surface area contributed by atoms with Crippen molar-refractivity contribution in [2.75, 3.05) is 6.35 Å². The van der Waals surface area contributed by atoms with Crippen LogP contribution in [0.15, 0.2) is 0 Å². The van der Waals surface area contributed by atoms with Crippen molar-refractivity contribution in [1.29, 1.82) is 0 Å². The fourth-order valence-corrected chi connectivity index (χ4v) is 0.598. The van der Waals surface area contributed by atoms with Crippen LogP contribution in [0.25, 0.3) is 0 Å². The maximum absolute atomic E-state index is 5.33. The van der Waals surface area contributed by atoms with Gasteiger partial charge in [-0.15, -0.1) is 0 Å². The molecule has 7 heavy (non-hydrogen) atoms. The second kappa shape index (κ2) is 2.77. The van der Waals surface area contributed by atoms with E-state index in [1.165, 1.54) is 0 Å². The third kappa shape index (κ3) is 1.86. The highest BCUT2D eigenvalue weighted by molar-refractivity contribution is 7.79. The largest absolute Gasteiger partial charge is 0.198 e. The van der Waals surface area contributed by atoms with Crippen LogP contribution in [0.2, 0.25) is 0 Å². The summed E-state index contributed by atoms with van der Waals surface area (Å²) in [5.41, 5.74) is 0. The quantitative estimate of drug-likeness (QED) is 0.380. The Kier molecular flexibility index (Phi) is 2.25. The Bertz CT molecular complexity index is 53.7. The summed E-state index contributed by atoms with van der Waals surface area (Å²) < 4.78 is 4.26. The van der Waals surface area contributed by atoms with E-state index >= 15 is 0 Å². The SMILES string of the molecule is ClP1COOOO1. The number of halogens is 1. The normalized spacial score (nSPS) is 33.0. The van der Waals surface area contributed by atoms with Gasteiger partial charge in [0.1, 0.15) is 6.35 Å². The van der Waals surface area contributed by atoms with Crippen LogP contribution in [-0.4, -0.2) is 6.35 Å². The molecular formula is CH2ClO4P. The molecule has 1 saturated heterocycles. The van der Waals surface area contributed by atoms with E-state index in [1.54, 1.807) is 0 Å². The summed E-state index contributed by atoms with van der Waals surface area (Å²) in [6.45, 7) is 0. The number of rotatable bonds is 0. The summed E-state index contributed by atoms with van der Waals surface area (Å²) in [4.78, 5) is 4.23. The van der Waals surface area contributed by atoms with Crippen molar-refractivity contribution in [3.8, 4) is 0 Å². The Hall–Kier alpha value is 0.560. The Balaban J connectivity index is 2.12. The maximum Gasteiger partial charge on any atom is 0.198 e. The molecule has 0 aromatic carbocycles. The highest BCUT2D eigenvalue weighted by Gasteiger charge is 2.13. The van der Waals surface area contributed by atoms with E-state index < -0.39 is 7.50 Å². The number of hydrogen-bond acceptors (Lipinski definition) is 4. The zero-order valence-electron chi connectivity index (χ0n) is 3.17. The van der Waals surface area contributed by atoms with Gasteiger partial charge in [0, 0.05) is 0 Å². The molecule has 0 saturated carbocycles. The van der Waals surface area contributed by atoms with Crippen LogP contribution in [0.5, 0.6) is 0 Å². The van der Waals surface area contributed by atoms with Crippen LogP contribution in [0, 0.1) is 0 Å². The van der Waals surface area contributed by atoms with Crippen LogP contribution in [0.3, 0.4) is 0 Å². The molecule has 1 atom stereocenters. The van der Waals surface area contributed by atoms with Gasteiger partial charge in [-0.05, 0) is 10.1 Å². The van der Waals surface area contributed by atoms with Crippen molar-refractivity contribution >= 4 is 18.7 Å². The van der Waals surface area contributed by atoms with Gasteiger partial charge in [0.25, 0.3) is 0 Å². The van der Waals surface area contributed by atoms with Gasteiger partial charge in [0.15, 0.2) is 7.50 Å². The van der Waals surface area contributed by atoms with Gasteiger partial charge in [-0.25, -0.2) is 0 Å². The van der Waals surface area contributed by atoms with Crippen molar-refractivity contribution in [3.05, 3.63) is 0 Å². The minimum absolute atomic E-state index is 0.247. The molecule has 0 radical (unpaired) electrons. The van der Waals surface area contributed by atoms with Crippen molar-refractivity contribution in [1.82, 2.24) is 0 Å². The molecule has 6 heteroatoms. The molecule has 1 aliphatic rings. The monoisotopic (exact) mass is 144 g/mol. The highest BCUT2D eigenvalue weighted by atomic mass is 35.7. The first-order valence-corrected chi connectivity index (χ1v) is 3.81. The van der Waals surface area contributed by atoms with Gasteiger partial charge in [-0.1, -0.05) is 11.2 Å². The first-order valence-electron chi connectivity index (χ1n) is 1.46. The molecule has 1 rings (SSSR count). The molecule has 0 aliphatic carbocycles. The summed E-state index contributed by atoms with van der Waals surface area (Å²) in [5.74, 6) is 0. The minimum Gasteiger partial charge on any atom is -0.195 e. The van der Waals surface area contributed by atoms with Gasteiger partial charge in [-0.3, -0.25) is 0 Å². The van der Waals surface area contributed by atoms with Crippen LogP contribution < -0.4 is 0 Å². The zero-order chi connectivity index (χ0) is 5.11. The zero-order valence-corrected chi connectivity index (χ0v) is 4.82. The molecule has 42 valence electrons. The van der Waals surface area contributed by atoms with Crippen LogP contribution >= 0.6 is 18.7 Å². The number of hydrogen-bond donors (Lipinski definition) is 0. The average molecular weight is 144 g/mol. The van der Waals surface area contributed by atoms with Crippen molar-refractivity contribution in [3.63, 3.8) is 0 Å². The standard InChI is InChI=1S/CH2ClO4P/c2-7-1-3-4-5-6-7/h1H2. The molecule has 1 unspecified atom stereocenters. The molecule has 0 spiro atoms. The summed E-state index contributed by atoms with van der Waals surface area (Å²) in [7, 11) is -1.09. The van der Waals surface area contributed by atoms with Crippen molar-refractivity contribution in [2.24, 2.45) is 0 Å². The van der Waals surface area contributed by atoms with E-state index in [1.807, 2.05) is 0 Å². The average Bonchev–Trinajstić information content (AvgIpc) is 1.69. The van der Waals surface area contributed by atoms with E-state index in [0.717, 1.165) is 0 Å². The van der Waals surface area contributed by atoms with Crippen molar-refractivity contribution in [2.45, 2.75) is 0 Å². The lowest BCUT2D eigenvalue weighted by Gasteiger charge is -2.10. The second-order valence-corrected chi connectivity index (χ2v) is 2.95.